The first-order chi connectivity index (χ1) is 8.89. The van der Waals surface area contributed by atoms with Crippen molar-refractivity contribution in [2.45, 2.75) is 46.5 Å². The van der Waals surface area contributed by atoms with Crippen molar-refractivity contribution in [2.75, 3.05) is 0 Å². The Morgan fingerprint density at radius 3 is 2.05 bits per heavy atom. The minimum atomic E-state index is 0.198. The zero-order valence-corrected chi connectivity index (χ0v) is 12.7. The Hall–Kier alpha value is -1.56. The summed E-state index contributed by atoms with van der Waals surface area (Å²) in [5, 5.41) is 0. The van der Waals surface area contributed by atoms with E-state index in [0.717, 1.165) is 6.42 Å². The fourth-order valence-electron chi connectivity index (χ4n) is 2.64. The second-order valence-electron chi connectivity index (χ2n) is 6.45. The van der Waals surface area contributed by atoms with Crippen molar-refractivity contribution in [1.29, 1.82) is 0 Å². The van der Waals surface area contributed by atoms with E-state index in [1.807, 2.05) is 0 Å². The van der Waals surface area contributed by atoms with E-state index in [2.05, 4.69) is 77.1 Å². The van der Waals surface area contributed by atoms with Crippen LogP contribution in [0.5, 0.6) is 0 Å². The Morgan fingerprint density at radius 2 is 1.42 bits per heavy atom. The Morgan fingerprint density at radius 1 is 0.789 bits per heavy atom. The van der Waals surface area contributed by atoms with E-state index in [0.29, 0.717) is 0 Å². The quantitative estimate of drug-likeness (QED) is 0.690. The Labute approximate surface area is 117 Å². The average Bonchev–Trinajstić information content (AvgIpc) is 2.33. The summed E-state index contributed by atoms with van der Waals surface area (Å²) in [5.74, 6) is 0. The number of benzene rings is 2. The molecule has 2 aromatic carbocycles. The fourth-order valence-corrected chi connectivity index (χ4v) is 2.64. The molecule has 0 heterocycles. The van der Waals surface area contributed by atoms with E-state index < -0.39 is 0 Å². The van der Waals surface area contributed by atoms with Gasteiger partial charge < -0.3 is 0 Å². The molecular formula is C19H24. The molecule has 0 aliphatic rings. The summed E-state index contributed by atoms with van der Waals surface area (Å²) < 4.78 is 0. The van der Waals surface area contributed by atoms with Gasteiger partial charge in [-0.2, -0.15) is 0 Å². The minimum absolute atomic E-state index is 0.198. The van der Waals surface area contributed by atoms with Crippen LogP contribution in [-0.4, -0.2) is 0 Å². The molecule has 0 aromatic heterocycles. The van der Waals surface area contributed by atoms with E-state index in [1.165, 1.54) is 27.8 Å². The number of hydrogen-bond donors (Lipinski definition) is 0. The third-order valence-electron chi connectivity index (χ3n) is 3.85. The molecule has 0 unspecified atom stereocenters. The molecule has 0 saturated heterocycles. The second-order valence-corrected chi connectivity index (χ2v) is 6.45. The van der Waals surface area contributed by atoms with Crippen molar-refractivity contribution >= 4 is 0 Å². The molecule has 100 valence electrons. The maximum Gasteiger partial charge on any atom is -0.00176 e. The topological polar surface area (TPSA) is 0 Å². The number of hydrogen-bond acceptors (Lipinski definition) is 0. The lowest BCUT2D eigenvalue weighted by Gasteiger charge is -2.25. The molecule has 0 nitrogen and oxygen atoms in total. The lowest BCUT2D eigenvalue weighted by molar-refractivity contribution is 0.583. The third-order valence-corrected chi connectivity index (χ3v) is 3.85. The summed E-state index contributed by atoms with van der Waals surface area (Å²) >= 11 is 0. The normalized spacial score (nSPS) is 11.6. The van der Waals surface area contributed by atoms with Gasteiger partial charge in [0.2, 0.25) is 0 Å². The van der Waals surface area contributed by atoms with Crippen molar-refractivity contribution in [1.82, 2.24) is 0 Å². The maximum absolute atomic E-state index is 2.29. The first-order valence-corrected chi connectivity index (χ1v) is 7.03. The molecule has 0 radical (unpaired) electrons. The molecule has 0 heteroatoms. The van der Waals surface area contributed by atoms with Crippen molar-refractivity contribution in [3.05, 3.63) is 70.3 Å². The van der Waals surface area contributed by atoms with E-state index in [4.69, 9.17) is 0 Å². The van der Waals surface area contributed by atoms with Gasteiger partial charge in [0.05, 0.1) is 0 Å². The second kappa shape index (κ2) is 5.21. The summed E-state index contributed by atoms with van der Waals surface area (Å²) in [6, 6.07) is 15.4. The van der Waals surface area contributed by atoms with Crippen molar-refractivity contribution < 1.29 is 0 Å². The van der Waals surface area contributed by atoms with Crippen LogP contribution in [0.15, 0.2) is 42.5 Å². The Kier molecular flexibility index (Phi) is 3.80. The first kappa shape index (κ1) is 13.9. The molecule has 0 amide bonds. The predicted molar refractivity (Wildman–Crippen MR) is 83.9 cm³/mol. The molecule has 2 aromatic rings. The lowest BCUT2D eigenvalue weighted by atomic mass is 9.80. The summed E-state index contributed by atoms with van der Waals surface area (Å²) in [7, 11) is 0. The van der Waals surface area contributed by atoms with Gasteiger partial charge in [0.1, 0.15) is 0 Å². The molecule has 0 aliphatic heterocycles. The van der Waals surface area contributed by atoms with Crippen LogP contribution in [0.2, 0.25) is 0 Å². The molecule has 19 heavy (non-hydrogen) atoms. The molecule has 0 N–H and O–H groups in total. The molecule has 0 bridgehead atoms. The average molecular weight is 252 g/mol. The largest absolute Gasteiger partial charge is 0.0620 e. The van der Waals surface area contributed by atoms with Crippen LogP contribution in [-0.2, 0) is 11.8 Å². The van der Waals surface area contributed by atoms with Crippen LogP contribution in [0.3, 0.4) is 0 Å². The van der Waals surface area contributed by atoms with Crippen LogP contribution in [0.1, 0.15) is 48.6 Å². The van der Waals surface area contributed by atoms with Gasteiger partial charge in [-0.3, -0.25) is 0 Å². The van der Waals surface area contributed by atoms with Crippen molar-refractivity contribution in [2.24, 2.45) is 0 Å². The molecule has 0 atom stereocenters. The van der Waals surface area contributed by atoms with Gasteiger partial charge in [-0.15, -0.1) is 0 Å². The summed E-state index contributed by atoms with van der Waals surface area (Å²) in [6.07, 6.45) is 1.03. The van der Waals surface area contributed by atoms with Gasteiger partial charge in [-0.05, 0) is 53.5 Å². The molecule has 0 spiro atoms. The molecule has 0 saturated carbocycles. The van der Waals surface area contributed by atoms with E-state index in [9.17, 15) is 0 Å². The van der Waals surface area contributed by atoms with Crippen LogP contribution < -0.4 is 0 Å². The van der Waals surface area contributed by atoms with Crippen molar-refractivity contribution in [3.63, 3.8) is 0 Å². The molecule has 2 rings (SSSR count). The van der Waals surface area contributed by atoms with Crippen LogP contribution in [0.4, 0.5) is 0 Å². The van der Waals surface area contributed by atoms with Gasteiger partial charge in [0.15, 0.2) is 0 Å². The first-order valence-electron chi connectivity index (χ1n) is 7.03. The van der Waals surface area contributed by atoms with Gasteiger partial charge in [0, 0.05) is 0 Å². The van der Waals surface area contributed by atoms with Gasteiger partial charge in [-0.25, -0.2) is 0 Å². The Bertz CT molecular complexity index is 571. The summed E-state index contributed by atoms with van der Waals surface area (Å²) in [5.41, 5.74) is 7.37. The molecular weight excluding hydrogens is 228 g/mol. The highest BCUT2D eigenvalue weighted by molar-refractivity contribution is 5.43. The minimum Gasteiger partial charge on any atom is -0.0620 e. The lowest BCUT2D eigenvalue weighted by Crippen LogP contribution is -2.15. The van der Waals surface area contributed by atoms with Crippen LogP contribution >= 0.6 is 0 Å². The fraction of sp³-hybridized carbons (Fsp3) is 0.368. The van der Waals surface area contributed by atoms with Gasteiger partial charge in [-0.1, -0.05) is 63.2 Å². The highest BCUT2D eigenvalue weighted by Crippen LogP contribution is 2.30. The summed E-state index contributed by atoms with van der Waals surface area (Å²) in [6.45, 7) is 11.3. The van der Waals surface area contributed by atoms with Crippen LogP contribution in [0, 0.1) is 13.8 Å². The third kappa shape index (κ3) is 3.07. The van der Waals surface area contributed by atoms with E-state index in [-0.39, 0.29) is 5.41 Å². The molecule has 0 fully saturated rings. The monoisotopic (exact) mass is 252 g/mol. The maximum atomic E-state index is 2.29. The van der Waals surface area contributed by atoms with Crippen LogP contribution in [0.25, 0.3) is 0 Å². The van der Waals surface area contributed by atoms with E-state index in [1.54, 1.807) is 0 Å². The molecule has 0 aliphatic carbocycles. The zero-order chi connectivity index (χ0) is 14.0. The summed E-state index contributed by atoms with van der Waals surface area (Å²) in [4.78, 5) is 0. The number of aryl methyl sites for hydroxylation is 2. The smallest absolute Gasteiger partial charge is 0.00176 e. The van der Waals surface area contributed by atoms with Gasteiger partial charge in [0.25, 0.3) is 0 Å². The van der Waals surface area contributed by atoms with Gasteiger partial charge >= 0.3 is 0 Å². The highest BCUT2D eigenvalue weighted by Gasteiger charge is 2.19. The standard InChI is InChI=1S/C19H24/c1-14-9-6-7-11-16(14)13-17-15(2)10-8-12-18(17)19(3,4)5/h6-12H,13H2,1-5H3. The zero-order valence-electron chi connectivity index (χ0n) is 12.7. The van der Waals surface area contributed by atoms with E-state index >= 15 is 0 Å². The Balaban J connectivity index is 2.48. The number of rotatable bonds is 2. The van der Waals surface area contributed by atoms with Crippen molar-refractivity contribution in [3.8, 4) is 0 Å². The highest BCUT2D eigenvalue weighted by atomic mass is 14.2. The SMILES string of the molecule is Cc1ccccc1Cc1c(C)cccc1C(C)(C)C. The predicted octanol–water partition coefficient (Wildman–Crippen LogP) is 5.19.